The molecule has 3 rings (SSSR count). The van der Waals surface area contributed by atoms with Crippen molar-refractivity contribution in [2.75, 3.05) is 30.0 Å². The van der Waals surface area contributed by atoms with Crippen LogP contribution in [0.15, 0.2) is 42.5 Å². The molecule has 6 nitrogen and oxygen atoms in total. The number of amides is 2. The molecule has 0 spiro atoms. The van der Waals surface area contributed by atoms with Crippen molar-refractivity contribution >= 4 is 23.2 Å². The third kappa shape index (κ3) is 4.58. The van der Waals surface area contributed by atoms with Gasteiger partial charge in [0, 0.05) is 37.3 Å². The van der Waals surface area contributed by atoms with Gasteiger partial charge >= 0.3 is 0 Å². The number of hydrogen-bond acceptors (Lipinski definition) is 4. The number of ether oxygens (including phenoxy) is 2. The lowest BCUT2D eigenvalue weighted by atomic mass is 10.1. The molecule has 0 bridgehead atoms. The smallest absolute Gasteiger partial charge is 0.226 e. The summed E-state index contributed by atoms with van der Waals surface area (Å²) in [5.74, 6) is 1.06. The van der Waals surface area contributed by atoms with Gasteiger partial charge in [0.1, 0.15) is 13.2 Å². The highest BCUT2D eigenvalue weighted by atomic mass is 16.6. The summed E-state index contributed by atoms with van der Waals surface area (Å²) in [6.45, 7) is 4.91. The molecule has 0 aromatic heterocycles. The molecule has 142 valence electrons. The van der Waals surface area contributed by atoms with Crippen LogP contribution in [-0.4, -0.2) is 31.6 Å². The molecule has 0 saturated carbocycles. The van der Waals surface area contributed by atoms with E-state index in [2.05, 4.69) is 5.32 Å². The molecule has 6 heteroatoms. The molecule has 0 radical (unpaired) electrons. The van der Waals surface area contributed by atoms with E-state index < -0.39 is 0 Å². The largest absolute Gasteiger partial charge is 0.486 e. The molecule has 0 atom stereocenters. The number of rotatable bonds is 6. The van der Waals surface area contributed by atoms with Crippen LogP contribution in [0.5, 0.6) is 11.5 Å². The van der Waals surface area contributed by atoms with Crippen LogP contribution in [0.2, 0.25) is 0 Å². The number of carbonyl (C=O) groups excluding carboxylic acids is 2. The van der Waals surface area contributed by atoms with E-state index in [0.29, 0.717) is 36.9 Å². The van der Waals surface area contributed by atoms with Crippen molar-refractivity contribution in [2.45, 2.75) is 26.7 Å². The van der Waals surface area contributed by atoms with E-state index >= 15 is 0 Å². The molecule has 2 amide bonds. The molecule has 2 aromatic carbocycles. The van der Waals surface area contributed by atoms with Crippen LogP contribution < -0.4 is 19.7 Å². The van der Waals surface area contributed by atoms with Gasteiger partial charge in [0.25, 0.3) is 0 Å². The van der Waals surface area contributed by atoms with Crippen LogP contribution in [-0.2, 0) is 16.0 Å². The number of anilines is 2. The Morgan fingerprint density at radius 2 is 1.81 bits per heavy atom. The van der Waals surface area contributed by atoms with E-state index in [1.807, 2.05) is 31.2 Å². The first kappa shape index (κ1) is 18.8. The van der Waals surface area contributed by atoms with Gasteiger partial charge in [0.05, 0.1) is 0 Å². The monoisotopic (exact) mass is 368 g/mol. The minimum Gasteiger partial charge on any atom is -0.486 e. The van der Waals surface area contributed by atoms with E-state index in [1.165, 1.54) is 6.92 Å². The number of fused-ring (bicyclic) bond motifs is 1. The van der Waals surface area contributed by atoms with Crippen LogP contribution >= 0.6 is 0 Å². The first-order chi connectivity index (χ1) is 13.1. The highest BCUT2D eigenvalue weighted by molar-refractivity contribution is 5.95. The Morgan fingerprint density at radius 3 is 2.56 bits per heavy atom. The number of hydrogen-bond donors (Lipinski definition) is 1. The lowest BCUT2D eigenvalue weighted by Crippen LogP contribution is -2.32. The van der Waals surface area contributed by atoms with Gasteiger partial charge in [-0.25, -0.2) is 0 Å². The summed E-state index contributed by atoms with van der Waals surface area (Å²) >= 11 is 0. The molecular weight excluding hydrogens is 344 g/mol. The van der Waals surface area contributed by atoms with Crippen LogP contribution in [0.4, 0.5) is 11.4 Å². The van der Waals surface area contributed by atoms with E-state index in [-0.39, 0.29) is 18.2 Å². The Hall–Kier alpha value is -3.02. The average molecular weight is 368 g/mol. The second-order valence-electron chi connectivity index (χ2n) is 6.31. The van der Waals surface area contributed by atoms with Gasteiger partial charge in [0.15, 0.2) is 11.5 Å². The zero-order valence-corrected chi connectivity index (χ0v) is 15.7. The second-order valence-corrected chi connectivity index (χ2v) is 6.31. The predicted octanol–water partition coefficient (Wildman–Crippen LogP) is 3.40. The maximum atomic E-state index is 12.4. The third-order valence-corrected chi connectivity index (χ3v) is 4.43. The molecular formula is C21H24N2O4. The van der Waals surface area contributed by atoms with Gasteiger partial charge in [-0.15, -0.1) is 0 Å². The van der Waals surface area contributed by atoms with Gasteiger partial charge in [-0.2, -0.15) is 0 Å². The third-order valence-electron chi connectivity index (χ3n) is 4.43. The van der Waals surface area contributed by atoms with Crippen molar-refractivity contribution < 1.29 is 19.1 Å². The zero-order chi connectivity index (χ0) is 19.2. The molecule has 0 saturated heterocycles. The number of nitrogens with zero attached hydrogens (tertiary/aromatic N) is 1. The molecule has 27 heavy (non-hydrogen) atoms. The molecule has 0 fully saturated rings. The van der Waals surface area contributed by atoms with E-state index in [0.717, 1.165) is 17.7 Å². The molecule has 1 aliphatic heterocycles. The lowest BCUT2D eigenvalue weighted by molar-refractivity contribution is -0.117. The normalized spacial score (nSPS) is 12.4. The van der Waals surface area contributed by atoms with Gasteiger partial charge in [-0.05, 0) is 30.2 Å². The minimum absolute atomic E-state index is 0.0805. The van der Waals surface area contributed by atoms with Crippen LogP contribution in [0.3, 0.4) is 0 Å². The Labute approximate surface area is 159 Å². The molecule has 2 aromatic rings. The van der Waals surface area contributed by atoms with Gasteiger partial charge < -0.3 is 19.7 Å². The first-order valence-electron chi connectivity index (χ1n) is 9.14. The van der Waals surface area contributed by atoms with Crippen LogP contribution in [0, 0.1) is 0 Å². The second kappa shape index (κ2) is 8.58. The standard InChI is InChI=1S/C21H24N2O4/c1-3-16-6-4-5-7-18(16)23(15(2)24)11-10-21(25)22-17-8-9-19-20(14-17)27-13-12-26-19/h4-9,14H,3,10-13H2,1-2H3,(H,22,25). The number of benzene rings is 2. The fourth-order valence-corrected chi connectivity index (χ4v) is 3.08. The predicted molar refractivity (Wildman–Crippen MR) is 105 cm³/mol. The summed E-state index contributed by atoms with van der Waals surface area (Å²) in [4.78, 5) is 26.1. The van der Waals surface area contributed by atoms with Gasteiger partial charge in [-0.3, -0.25) is 9.59 Å². The summed E-state index contributed by atoms with van der Waals surface area (Å²) in [6, 6.07) is 13.1. The number of nitrogens with one attached hydrogen (secondary N) is 1. The number of carbonyl (C=O) groups is 2. The summed E-state index contributed by atoms with van der Waals surface area (Å²) in [7, 11) is 0. The van der Waals surface area contributed by atoms with Crippen molar-refractivity contribution in [2.24, 2.45) is 0 Å². The topological polar surface area (TPSA) is 67.9 Å². The van der Waals surface area contributed by atoms with E-state index in [9.17, 15) is 9.59 Å². The Bertz CT molecular complexity index is 835. The van der Waals surface area contributed by atoms with Gasteiger partial charge in [0.2, 0.25) is 11.8 Å². The Kier molecular flexibility index (Phi) is 5.96. The van der Waals surface area contributed by atoms with E-state index in [4.69, 9.17) is 9.47 Å². The van der Waals surface area contributed by atoms with Crippen molar-refractivity contribution in [3.8, 4) is 11.5 Å². The minimum atomic E-state index is -0.160. The van der Waals surface area contributed by atoms with Crippen LogP contribution in [0.25, 0.3) is 0 Å². The Morgan fingerprint density at radius 1 is 1.07 bits per heavy atom. The zero-order valence-electron chi connectivity index (χ0n) is 15.7. The van der Waals surface area contributed by atoms with Crippen molar-refractivity contribution in [3.05, 3.63) is 48.0 Å². The van der Waals surface area contributed by atoms with Crippen molar-refractivity contribution in [1.29, 1.82) is 0 Å². The quantitative estimate of drug-likeness (QED) is 0.849. The maximum Gasteiger partial charge on any atom is 0.226 e. The SMILES string of the molecule is CCc1ccccc1N(CCC(=O)Nc1ccc2c(c1)OCCO2)C(C)=O. The number of para-hydroxylation sites is 1. The van der Waals surface area contributed by atoms with Crippen molar-refractivity contribution in [3.63, 3.8) is 0 Å². The summed E-state index contributed by atoms with van der Waals surface area (Å²) in [5.41, 5.74) is 2.59. The van der Waals surface area contributed by atoms with Crippen molar-refractivity contribution in [1.82, 2.24) is 0 Å². The van der Waals surface area contributed by atoms with E-state index in [1.54, 1.807) is 23.1 Å². The molecule has 1 aliphatic rings. The highest BCUT2D eigenvalue weighted by Crippen LogP contribution is 2.32. The first-order valence-corrected chi connectivity index (χ1v) is 9.14. The summed E-state index contributed by atoms with van der Waals surface area (Å²) < 4.78 is 11.0. The molecule has 1 heterocycles. The fourth-order valence-electron chi connectivity index (χ4n) is 3.08. The lowest BCUT2D eigenvalue weighted by Gasteiger charge is -2.23. The molecule has 1 N–H and O–H groups in total. The fraction of sp³-hybridized carbons (Fsp3) is 0.333. The maximum absolute atomic E-state index is 12.4. The molecule has 0 unspecified atom stereocenters. The summed E-state index contributed by atoms with van der Waals surface area (Å²) in [5, 5.41) is 2.85. The summed E-state index contributed by atoms with van der Waals surface area (Å²) in [6.07, 6.45) is 1.02. The number of aryl methyl sites for hydroxylation is 1. The Balaban J connectivity index is 1.64. The average Bonchev–Trinajstić information content (AvgIpc) is 2.68. The highest BCUT2D eigenvalue weighted by Gasteiger charge is 2.17. The van der Waals surface area contributed by atoms with Gasteiger partial charge in [-0.1, -0.05) is 25.1 Å². The molecule has 0 aliphatic carbocycles. The van der Waals surface area contributed by atoms with Crippen LogP contribution in [0.1, 0.15) is 25.8 Å².